The Kier molecular flexibility index (Phi) is 4.28. The summed E-state index contributed by atoms with van der Waals surface area (Å²) in [5.74, 6) is 1.21. The maximum absolute atomic E-state index is 12.2. The van der Waals surface area contributed by atoms with Gasteiger partial charge in [0, 0.05) is 17.8 Å². The number of hydrogen-bond acceptors (Lipinski definition) is 4. The number of nitrogens with zero attached hydrogens (tertiary/aromatic N) is 1. The Hall–Kier alpha value is -2.82. The number of ether oxygens (including phenoxy) is 1. The molecule has 0 spiro atoms. The predicted molar refractivity (Wildman–Crippen MR) is 87.5 cm³/mol. The first-order valence-electron chi connectivity index (χ1n) is 7.55. The summed E-state index contributed by atoms with van der Waals surface area (Å²) in [6, 6.07) is 10.9. The van der Waals surface area contributed by atoms with Crippen LogP contribution in [0.4, 0.5) is 0 Å². The van der Waals surface area contributed by atoms with E-state index in [1.807, 2.05) is 38.1 Å². The maximum Gasteiger partial charge on any atom is 0.253 e. The van der Waals surface area contributed by atoms with E-state index < -0.39 is 0 Å². The van der Waals surface area contributed by atoms with Gasteiger partial charge in [0.15, 0.2) is 11.3 Å². The topological polar surface area (TPSA) is 64.4 Å². The lowest BCUT2D eigenvalue weighted by Crippen LogP contribution is -2.26. The Bertz CT molecular complexity index is 812. The lowest BCUT2D eigenvalue weighted by Gasteiger charge is -2.11. The zero-order valence-electron chi connectivity index (χ0n) is 13.1. The van der Waals surface area contributed by atoms with Crippen LogP contribution in [0, 0.1) is 0 Å². The summed E-state index contributed by atoms with van der Waals surface area (Å²) in [7, 11) is 0. The normalized spacial score (nSPS) is 12.1. The van der Waals surface area contributed by atoms with Crippen LogP contribution in [0.25, 0.3) is 11.0 Å². The van der Waals surface area contributed by atoms with Crippen molar-refractivity contribution in [3.8, 4) is 5.75 Å². The largest absolute Gasteiger partial charge is 0.490 e. The highest BCUT2D eigenvalue weighted by Gasteiger charge is 2.17. The first-order valence-corrected chi connectivity index (χ1v) is 7.55. The molecular formula is C18H18N2O3. The minimum absolute atomic E-state index is 0.184. The molecule has 5 nitrogen and oxygen atoms in total. The SMILES string of the molecule is CCOc1cccc2cc([C@H](C)NC(=O)c3cccnc3)oc12. The van der Waals surface area contributed by atoms with Gasteiger partial charge >= 0.3 is 0 Å². The Morgan fingerprint density at radius 1 is 1.35 bits per heavy atom. The van der Waals surface area contributed by atoms with Crippen LogP contribution in [-0.4, -0.2) is 17.5 Å². The van der Waals surface area contributed by atoms with Crippen LogP contribution in [-0.2, 0) is 0 Å². The quantitative estimate of drug-likeness (QED) is 0.780. The van der Waals surface area contributed by atoms with Gasteiger partial charge in [0.2, 0.25) is 0 Å². The van der Waals surface area contributed by atoms with Crippen LogP contribution in [0.5, 0.6) is 5.75 Å². The fraction of sp³-hybridized carbons (Fsp3) is 0.222. The molecule has 0 fully saturated rings. The summed E-state index contributed by atoms with van der Waals surface area (Å²) in [6.07, 6.45) is 3.17. The number of nitrogens with one attached hydrogen (secondary N) is 1. The molecule has 3 aromatic rings. The summed E-state index contributed by atoms with van der Waals surface area (Å²) < 4.78 is 11.5. The highest BCUT2D eigenvalue weighted by Crippen LogP contribution is 2.31. The van der Waals surface area contributed by atoms with Crippen LogP contribution in [0.15, 0.2) is 53.2 Å². The number of para-hydroxylation sites is 1. The zero-order valence-corrected chi connectivity index (χ0v) is 13.1. The molecule has 0 aliphatic carbocycles. The molecule has 0 aliphatic rings. The summed E-state index contributed by atoms with van der Waals surface area (Å²) in [5.41, 5.74) is 1.22. The average Bonchev–Trinajstić information content (AvgIpc) is 3.01. The van der Waals surface area contributed by atoms with E-state index in [2.05, 4.69) is 10.3 Å². The number of aromatic nitrogens is 1. The molecule has 1 N–H and O–H groups in total. The van der Waals surface area contributed by atoms with E-state index in [1.54, 1.807) is 18.3 Å². The summed E-state index contributed by atoms with van der Waals surface area (Å²) in [5, 5.41) is 3.86. The molecule has 1 aromatic carbocycles. The lowest BCUT2D eigenvalue weighted by molar-refractivity contribution is 0.0935. The third-order valence-corrected chi connectivity index (χ3v) is 3.52. The summed E-state index contributed by atoms with van der Waals surface area (Å²) in [6.45, 7) is 4.38. The number of pyridine rings is 1. The molecule has 0 saturated carbocycles. The smallest absolute Gasteiger partial charge is 0.253 e. The van der Waals surface area contributed by atoms with Crippen molar-refractivity contribution < 1.29 is 13.9 Å². The van der Waals surface area contributed by atoms with E-state index in [0.29, 0.717) is 29.3 Å². The Balaban J connectivity index is 1.82. The van der Waals surface area contributed by atoms with Crippen molar-refractivity contribution in [1.82, 2.24) is 10.3 Å². The Morgan fingerprint density at radius 3 is 2.96 bits per heavy atom. The fourth-order valence-corrected chi connectivity index (χ4v) is 2.39. The molecule has 118 valence electrons. The number of benzene rings is 1. The number of hydrogen-bond donors (Lipinski definition) is 1. The minimum Gasteiger partial charge on any atom is -0.490 e. The highest BCUT2D eigenvalue weighted by molar-refractivity contribution is 5.94. The minimum atomic E-state index is -0.260. The molecule has 0 bridgehead atoms. The molecule has 2 aromatic heterocycles. The molecule has 0 aliphatic heterocycles. The third kappa shape index (κ3) is 3.18. The van der Waals surface area contributed by atoms with Crippen molar-refractivity contribution in [2.24, 2.45) is 0 Å². The number of fused-ring (bicyclic) bond motifs is 1. The van der Waals surface area contributed by atoms with Crippen molar-refractivity contribution in [2.45, 2.75) is 19.9 Å². The number of carbonyl (C=O) groups excluding carboxylic acids is 1. The van der Waals surface area contributed by atoms with E-state index in [9.17, 15) is 4.79 Å². The van der Waals surface area contributed by atoms with Crippen LogP contribution in [0.3, 0.4) is 0 Å². The number of amides is 1. The molecule has 1 amide bonds. The highest BCUT2D eigenvalue weighted by atomic mass is 16.5. The van der Waals surface area contributed by atoms with Crippen molar-refractivity contribution in [1.29, 1.82) is 0 Å². The second-order valence-corrected chi connectivity index (χ2v) is 5.19. The zero-order chi connectivity index (χ0) is 16.2. The molecule has 1 atom stereocenters. The standard InChI is InChI=1S/C18H18N2O3/c1-3-22-15-8-4-6-13-10-16(23-17(13)15)12(2)20-18(21)14-7-5-9-19-11-14/h4-12H,3H2,1-2H3,(H,20,21)/t12-/m0/s1. The first-order chi connectivity index (χ1) is 11.2. The van der Waals surface area contributed by atoms with Crippen molar-refractivity contribution in [2.75, 3.05) is 6.61 Å². The van der Waals surface area contributed by atoms with Crippen molar-refractivity contribution >= 4 is 16.9 Å². The molecule has 3 rings (SSSR count). The Labute approximate surface area is 134 Å². The molecule has 23 heavy (non-hydrogen) atoms. The lowest BCUT2D eigenvalue weighted by atomic mass is 10.2. The van der Waals surface area contributed by atoms with Gasteiger partial charge in [0.25, 0.3) is 5.91 Å². The molecule has 0 radical (unpaired) electrons. The number of carbonyl (C=O) groups is 1. The average molecular weight is 310 g/mol. The fourth-order valence-electron chi connectivity index (χ4n) is 2.39. The van der Waals surface area contributed by atoms with Crippen LogP contribution in [0.2, 0.25) is 0 Å². The van der Waals surface area contributed by atoms with Gasteiger partial charge in [-0.25, -0.2) is 0 Å². The van der Waals surface area contributed by atoms with Gasteiger partial charge in [-0.05, 0) is 38.1 Å². The van der Waals surface area contributed by atoms with Gasteiger partial charge in [-0.1, -0.05) is 12.1 Å². The van der Waals surface area contributed by atoms with Crippen LogP contribution < -0.4 is 10.1 Å². The molecule has 0 saturated heterocycles. The predicted octanol–water partition coefficient (Wildman–Crippen LogP) is 3.72. The van der Waals surface area contributed by atoms with E-state index in [1.165, 1.54) is 6.20 Å². The van der Waals surface area contributed by atoms with Crippen molar-refractivity contribution in [3.63, 3.8) is 0 Å². The van der Waals surface area contributed by atoms with Gasteiger partial charge in [-0.3, -0.25) is 9.78 Å². The van der Waals surface area contributed by atoms with Gasteiger partial charge in [0.05, 0.1) is 18.2 Å². The number of furan rings is 1. The summed E-state index contributed by atoms with van der Waals surface area (Å²) >= 11 is 0. The van der Waals surface area contributed by atoms with Crippen molar-refractivity contribution in [3.05, 3.63) is 60.1 Å². The van der Waals surface area contributed by atoms with E-state index in [4.69, 9.17) is 9.15 Å². The molecule has 5 heteroatoms. The first kappa shape index (κ1) is 15.1. The maximum atomic E-state index is 12.2. The van der Waals surface area contributed by atoms with Gasteiger partial charge in [-0.15, -0.1) is 0 Å². The second kappa shape index (κ2) is 6.52. The number of rotatable bonds is 5. The van der Waals surface area contributed by atoms with Gasteiger partial charge in [-0.2, -0.15) is 0 Å². The van der Waals surface area contributed by atoms with E-state index in [0.717, 1.165) is 5.39 Å². The van der Waals surface area contributed by atoms with E-state index >= 15 is 0 Å². The van der Waals surface area contributed by atoms with Crippen LogP contribution in [0.1, 0.15) is 36.0 Å². The third-order valence-electron chi connectivity index (χ3n) is 3.52. The summed E-state index contributed by atoms with van der Waals surface area (Å²) in [4.78, 5) is 16.1. The van der Waals surface area contributed by atoms with Crippen LogP contribution >= 0.6 is 0 Å². The monoisotopic (exact) mass is 310 g/mol. The molecule has 2 heterocycles. The van der Waals surface area contributed by atoms with Gasteiger partial charge in [0.1, 0.15) is 5.76 Å². The Morgan fingerprint density at radius 2 is 2.22 bits per heavy atom. The van der Waals surface area contributed by atoms with Gasteiger partial charge < -0.3 is 14.5 Å². The molecule has 0 unspecified atom stereocenters. The molecular weight excluding hydrogens is 292 g/mol. The second-order valence-electron chi connectivity index (χ2n) is 5.19. The van der Waals surface area contributed by atoms with E-state index in [-0.39, 0.29) is 11.9 Å².